The summed E-state index contributed by atoms with van der Waals surface area (Å²) in [5.41, 5.74) is 0.786. The molecule has 2 heterocycles. The van der Waals surface area contributed by atoms with E-state index in [1.54, 1.807) is 11.6 Å². The third-order valence-corrected chi connectivity index (χ3v) is 3.23. The Morgan fingerprint density at radius 2 is 1.92 bits per heavy atom. The van der Waals surface area contributed by atoms with Gasteiger partial charge in [0, 0.05) is 12.3 Å². The van der Waals surface area contributed by atoms with Crippen molar-refractivity contribution in [2.24, 2.45) is 0 Å². The van der Waals surface area contributed by atoms with E-state index in [0.717, 1.165) is 10.4 Å². The first-order chi connectivity index (χ1) is 11.4. The molecule has 1 N–H and O–H groups in total. The molecule has 0 saturated heterocycles. The van der Waals surface area contributed by atoms with Crippen LogP contribution in [0.25, 0.3) is 5.69 Å². The minimum absolute atomic E-state index is 0.314. The van der Waals surface area contributed by atoms with Crippen molar-refractivity contribution in [3.8, 4) is 5.69 Å². The van der Waals surface area contributed by atoms with E-state index >= 15 is 0 Å². The van der Waals surface area contributed by atoms with Gasteiger partial charge in [0.15, 0.2) is 5.82 Å². The fourth-order valence-corrected chi connectivity index (χ4v) is 2.21. The fraction of sp³-hybridized carbons (Fsp3) is 0.286. The average molecular weight is 337 g/mol. The molecule has 0 aliphatic heterocycles. The molecule has 0 radical (unpaired) electrons. The number of hydrogen-bond acceptors (Lipinski definition) is 5. The van der Waals surface area contributed by atoms with Crippen LogP contribution in [0.15, 0.2) is 42.6 Å². The molecule has 24 heavy (non-hydrogen) atoms. The smallest absolute Gasteiger partial charge is 0.359 e. The Balaban J connectivity index is 1.75. The molecule has 0 bridgehead atoms. The zero-order valence-electron chi connectivity index (χ0n) is 12.6. The largest absolute Gasteiger partial charge is 0.408 e. The molecule has 0 aliphatic carbocycles. The van der Waals surface area contributed by atoms with Crippen molar-refractivity contribution in [1.82, 2.24) is 30.0 Å². The minimum atomic E-state index is -4.31. The molecule has 1 atom stereocenters. The summed E-state index contributed by atoms with van der Waals surface area (Å²) >= 11 is 0. The number of halogens is 3. The van der Waals surface area contributed by atoms with E-state index in [1.165, 1.54) is 12.3 Å². The molecule has 7 nitrogen and oxygen atoms in total. The Morgan fingerprint density at radius 3 is 2.62 bits per heavy atom. The number of alkyl halides is 3. The summed E-state index contributed by atoms with van der Waals surface area (Å²) in [4.78, 5) is 0. The molecule has 3 aromatic rings. The van der Waals surface area contributed by atoms with E-state index in [2.05, 4.69) is 25.9 Å². The highest BCUT2D eigenvalue weighted by atomic mass is 19.4. The first-order valence-corrected chi connectivity index (χ1v) is 7.13. The van der Waals surface area contributed by atoms with Crippen LogP contribution in [0.2, 0.25) is 0 Å². The second-order valence-electron chi connectivity index (χ2n) is 5.16. The van der Waals surface area contributed by atoms with Crippen molar-refractivity contribution in [2.75, 3.05) is 5.32 Å². The van der Waals surface area contributed by atoms with Crippen molar-refractivity contribution in [1.29, 1.82) is 0 Å². The summed E-state index contributed by atoms with van der Waals surface area (Å²) in [7, 11) is 0. The standard InChI is InChI=1S/C14H14F3N7/c1-10(18-12-7-8-23(20-12)9-14(15,16)17)13-19-21-22-24(13)11-5-3-2-4-6-11/h2-8,10H,9H2,1H3,(H,18,20). The van der Waals surface area contributed by atoms with Gasteiger partial charge in [-0.3, -0.25) is 4.68 Å². The van der Waals surface area contributed by atoms with Crippen molar-refractivity contribution < 1.29 is 13.2 Å². The van der Waals surface area contributed by atoms with Gasteiger partial charge in [0.2, 0.25) is 0 Å². The van der Waals surface area contributed by atoms with Crippen molar-refractivity contribution >= 4 is 5.82 Å². The van der Waals surface area contributed by atoms with E-state index in [4.69, 9.17) is 0 Å². The van der Waals surface area contributed by atoms with E-state index in [1.807, 2.05) is 30.3 Å². The maximum absolute atomic E-state index is 12.4. The van der Waals surface area contributed by atoms with Gasteiger partial charge in [-0.05, 0) is 29.5 Å². The summed E-state index contributed by atoms with van der Waals surface area (Å²) in [5, 5.41) is 18.4. The third kappa shape index (κ3) is 3.70. The summed E-state index contributed by atoms with van der Waals surface area (Å²) in [6.45, 7) is 0.665. The zero-order chi connectivity index (χ0) is 17.2. The lowest BCUT2D eigenvalue weighted by Gasteiger charge is -2.13. The van der Waals surface area contributed by atoms with Crippen LogP contribution in [0.5, 0.6) is 0 Å². The monoisotopic (exact) mass is 337 g/mol. The molecule has 10 heteroatoms. The summed E-state index contributed by atoms with van der Waals surface area (Å²) in [6, 6.07) is 10.4. The molecule has 1 unspecified atom stereocenters. The molecule has 3 rings (SSSR count). The van der Waals surface area contributed by atoms with Crippen molar-refractivity contribution in [3.05, 3.63) is 48.4 Å². The highest BCUT2D eigenvalue weighted by Gasteiger charge is 2.28. The normalized spacial score (nSPS) is 13.0. The van der Waals surface area contributed by atoms with E-state index in [-0.39, 0.29) is 6.04 Å². The van der Waals surface area contributed by atoms with Gasteiger partial charge in [-0.2, -0.15) is 23.0 Å². The van der Waals surface area contributed by atoms with Crippen LogP contribution < -0.4 is 5.32 Å². The van der Waals surface area contributed by atoms with Crippen LogP contribution in [-0.4, -0.2) is 36.2 Å². The van der Waals surface area contributed by atoms with Gasteiger partial charge in [-0.15, -0.1) is 5.10 Å². The Bertz CT molecular complexity index is 794. The van der Waals surface area contributed by atoms with Gasteiger partial charge in [-0.1, -0.05) is 18.2 Å². The van der Waals surface area contributed by atoms with Crippen LogP contribution in [0.4, 0.5) is 19.0 Å². The molecule has 1 aromatic carbocycles. The highest BCUT2D eigenvalue weighted by molar-refractivity contribution is 5.36. The molecule has 0 spiro atoms. The van der Waals surface area contributed by atoms with Crippen molar-refractivity contribution in [2.45, 2.75) is 25.7 Å². The van der Waals surface area contributed by atoms with Crippen LogP contribution in [0.3, 0.4) is 0 Å². The number of nitrogens with zero attached hydrogens (tertiary/aromatic N) is 6. The molecular weight excluding hydrogens is 323 g/mol. The Morgan fingerprint density at radius 1 is 1.17 bits per heavy atom. The lowest BCUT2D eigenvalue weighted by Crippen LogP contribution is -2.18. The average Bonchev–Trinajstić information content (AvgIpc) is 3.16. The van der Waals surface area contributed by atoms with E-state index in [0.29, 0.717) is 11.6 Å². The molecule has 0 fully saturated rings. The van der Waals surface area contributed by atoms with Crippen LogP contribution in [0.1, 0.15) is 18.8 Å². The Labute approximate surface area is 135 Å². The predicted octanol–water partition coefficient (Wildman–Crippen LogP) is 2.59. The summed E-state index contributed by atoms with van der Waals surface area (Å²) in [6.07, 6.45) is -3.05. The summed E-state index contributed by atoms with van der Waals surface area (Å²) in [5.74, 6) is 0.834. The van der Waals surface area contributed by atoms with Gasteiger partial charge in [0.05, 0.1) is 11.7 Å². The van der Waals surface area contributed by atoms with E-state index < -0.39 is 12.7 Å². The number of benzene rings is 1. The number of para-hydroxylation sites is 1. The number of hydrogen-bond donors (Lipinski definition) is 1. The second kappa shape index (κ2) is 6.30. The third-order valence-electron chi connectivity index (χ3n) is 3.23. The van der Waals surface area contributed by atoms with Crippen LogP contribution >= 0.6 is 0 Å². The number of rotatable bonds is 5. The summed E-state index contributed by atoms with van der Waals surface area (Å²) < 4.78 is 39.5. The SMILES string of the molecule is CC(Nc1ccn(CC(F)(F)F)n1)c1nnnn1-c1ccccc1. The lowest BCUT2D eigenvalue weighted by molar-refractivity contribution is -0.142. The Kier molecular flexibility index (Phi) is 4.19. The van der Waals surface area contributed by atoms with Gasteiger partial charge < -0.3 is 5.32 Å². The molecule has 0 amide bonds. The maximum Gasteiger partial charge on any atom is 0.408 e. The number of anilines is 1. The lowest BCUT2D eigenvalue weighted by atomic mass is 10.3. The molecule has 2 aromatic heterocycles. The number of tetrazole rings is 1. The molecular formula is C14H14F3N7. The quantitative estimate of drug-likeness (QED) is 0.775. The fourth-order valence-electron chi connectivity index (χ4n) is 2.21. The molecule has 0 saturated carbocycles. The van der Waals surface area contributed by atoms with Crippen molar-refractivity contribution in [3.63, 3.8) is 0 Å². The van der Waals surface area contributed by atoms with Crippen LogP contribution in [-0.2, 0) is 6.54 Å². The topological polar surface area (TPSA) is 73.5 Å². The zero-order valence-corrected chi connectivity index (χ0v) is 12.6. The first-order valence-electron chi connectivity index (χ1n) is 7.13. The molecule has 126 valence electrons. The van der Waals surface area contributed by atoms with Gasteiger partial charge in [0.1, 0.15) is 12.4 Å². The highest BCUT2D eigenvalue weighted by Crippen LogP contribution is 2.20. The Hall–Kier alpha value is -2.91. The predicted molar refractivity (Wildman–Crippen MR) is 79.5 cm³/mol. The van der Waals surface area contributed by atoms with Gasteiger partial charge in [-0.25, -0.2) is 0 Å². The maximum atomic E-state index is 12.4. The van der Waals surface area contributed by atoms with Crippen LogP contribution in [0, 0.1) is 0 Å². The number of aromatic nitrogens is 6. The minimum Gasteiger partial charge on any atom is -0.359 e. The van der Waals surface area contributed by atoms with E-state index in [9.17, 15) is 13.2 Å². The van der Waals surface area contributed by atoms with Gasteiger partial charge >= 0.3 is 6.18 Å². The number of nitrogens with one attached hydrogen (secondary N) is 1. The first kappa shape index (κ1) is 16.0. The molecule has 0 aliphatic rings. The van der Waals surface area contributed by atoms with Gasteiger partial charge in [0.25, 0.3) is 0 Å². The second-order valence-corrected chi connectivity index (χ2v) is 5.16.